The summed E-state index contributed by atoms with van der Waals surface area (Å²) >= 11 is 0. The maximum atomic E-state index is 13.8. The number of methoxy groups -OCH3 is 3. The SMILES string of the molecule is COc1cc(OC)c(OC)cc1C=C1Oc2cc(OC(=O)c3ccccc3F)ccc2C1=O. The van der Waals surface area contributed by atoms with Gasteiger partial charge in [-0.1, -0.05) is 12.1 Å². The maximum absolute atomic E-state index is 13.8. The first-order chi connectivity index (χ1) is 15.9. The number of benzene rings is 3. The summed E-state index contributed by atoms with van der Waals surface area (Å²) in [6.07, 6.45) is 1.52. The summed E-state index contributed by atoms with van der Waals surface area (Å²) < 4.78 is 40.8. The Bertz CT molecular complexity index is 1280. The molecule has 1 aliphatic heterocycles. The van der Waals surface area contributed by atoms with Crippen LogP contribution in [0.25, 0.3) is 6.08 Å². The molecule has 0 bridgehead atoms. The fourth-order valence-corrected chi connectivity index (χ4v) is 3.33. The molecule has 0 fully saturated rings. The molecule has 0 N–H and O–H groups in total. The van der Waals surface area contributed by atoms with E-state index in [2.05, 4.69) is 0 Å². The molecule has 0 radical (unpaired) electrons. The number of rotatable bonds is 6. The van der Waals surface area contributed by atoms with Crippen LogP contribution in [0.1, 0.15) is 26.3 Å². The zero-order chi connectivity index (χ0) is 23.5. The molecule has 0 saturated heterocycles. The molecule has 0 spiro atoms. The van der Waals surface area contributed by atoms with Gasteiger partial charge in [-0.25, -0.2) is 9.18 Å². The fraction of sp³-hybridized carbons (Fsp3) is 0.120. The summed E-state index contributed by atoms with van der Waals surface area (Å²) in [6.45, 7) is 0. The molecule has 0 atom stereocenters. The average molecular weight is 450 g/mol. The van der Waals surface area contributed by atoms with Gasteiger partial charge in [0.05, 0.1) is 32.5 Å². The van der Waals surface area contributed by atoms with E-state index in [1.165, 1.54) is 69.9 Å². The molecule has 33 heavy (non-hydrogen) atoms. The molecular formula is C25H19FO7. The summed E-state index contributed by atoms with van der Waals surface area (Å²) in [4.78, 5) is 25.1. The molecule has 1 aliphatic rings. The van der Waals surface area contributed by atoms with Crippen LogP contribution < -0.4 is 23.7 Å². The molecule has 0 saturated carbocycles. The van der Waals surface area contributed by atoms with E-state index >= 15 is 0 Å². The van der Waals surface area contributed by atoms with Crippen molar-refractivity contribution in [1.29, 1.82) is 0 Å². The minimum Gasteiger partial charge on any atom is -0.496 e. The smallest absolute Gasteiger partial charge is 0.346 e. The molecule has 168 valence electrons. The Morgan fingerprint density at radius 1 is 0.909 bits per heavy atom. The molecule has 4 rings (SSSR count). The Morgan fingerprint density at radius 3 is 2.30 bits per heavy atom. The van der Waals surface area contributed by atoms with Gasteiger partial charge in [0.1, 0.15) is 23.1 Å². The van der Waals surface area contributed by atoms with Gasteiger partial charge in [0.15, 0.2) is 17.3 Å². The predicted octanol–water partition coefficient (Wildman–Crippen LogP) is 4.69. The molecule has 0 amide bonds. The number of esters is 1. The van der Waals surface area contributed by atoms with E-state index in [9.17, 15) is 14.0 Å². The van der Waals surface area contributed by atoms with E-state index in [0.29, 0.717) is 28.4 Å². The number of Topliss-reactive ketones (excluding diaryl/α,β-unsaturated/α-hetero) is 1. The van der Waals surface area contributed by atoms with Crippen molar-refractivity contribution in [3.63, 3.8) is 0 Å². The molecule has 3 aromatic rings. The van der Waals surface area contributed by atoms with Crippen molar-refractivity contribution in [3.8, 4) is 28.7 Å². The minimum absolute atomic E-state index is 0.0492. The lowest BCUT2D eigenvalue weighted by Gasteiger charge is -2.12. The highest BCUT2D eigenvalue weighted by molar-refractivity contribution is 6.14. The topological polar surface area (TPSA) is 80.3 Å². The van der Waals surface area contributed by atoms with Gasteiger partial charge in [0.25, 0.3) is 0 Å². The summed E-state index contributed by atoms with van der Waals surface area (Å²) in [6, 6.07) is 13.1. The predicted molar refractivity (Wildman–Crippen MR) is 117 cm³/mol. The third-order valence-corrected chi connectivity index (χ3v) is 4.97. The summed E-state index contributed by atoms with van der Waals surface area (Å²) in [5.41, 5.74) is 0.639. The number of halogens is 1. The van der Waals surface area contributed by atoms with Crippen molar-refractivity contribution in [1.82, 2.24) is 0 Å². The van der Waals surface area contributed by atoms with E-state index in [-0.39, 0.29) is 28.6 Å². The van der Waals surface area contributed by atoms with Gasteiger partial charge in [0.2, 0.25) is 5.78 Å². The van der Waals surface area contributed by atoms with Crippen molar-refractivity contribution in [2.24, 2.45) is 0 Å². The van der Waals surface area contributed by atoms with Gasteiger partial charge < -0.3 is 23.7 Å². The van der Waals surface area contributed by atoms with E-state index in [1.807, 2.05) is 0 Å². The van der Waals surface area contributed by atoms with Crippen LogP contribution >= 0.6 is 0 Å². The summed E-state index contributed by atoms with van der Waals surface area (Å²) in [5.74, 6) is -0.152. The highest BCUT2D eigenvalue weighted by atomic mass is 19.1. The summed E-state index contributed by atoms with van der Waals surface area (Å²) in [7, 11) is 4.50. The number of ether oxygens (including phenoxy) is 5. The normalized spacial score (nSPS) is 13.3. The molecule has 8 heteroatoms. The van der Waals surface area contributed by atoms with E-state index in [0.717, 1.165) is 0 Å². The number of fused-ring (bicyclic) bond motifs is 1. The zero-order valence-electron chi connectivity index (χ0n) is 18.0. The van der Waals surface area contributed by atoms with E-state index < -0.39 is 11.8 Å². The van der Waals surface area contributed by atoms with E-state index in [1.54, 1.807) is 12.1 Å². The van der Waals surface area contributed by atoms with Crippen LogP contribution in [-0.4, -0.2) is 33.1 Å². The van der Waals surface area contributed by atoms with Crippen molar-refractivity contribution in [2.45, 2.75) is 0 Å². The minimum atomic E-state index is -0.858. The Balaban J connectivity index is 1.61. The monoisotopic (exact) mass is 450 g/mol. The van der Waals surface area contributed by atoms with Crippen molar-refractivity contribution < 1.29 is 37.7 Å². The van der Waals surface area contributed by atoms with Gasteiger partial charge in [-0.05, 0) is 36.4 Å². The van der Waals surface area contributed by atoms with Gasteiger partial charge in [-0.15, -0.1) is 0 Å². The van der Waals surface area contributed by atoms with Crippen LogP contribution in [-0.2, 0) is 0 Å². The number of carbonyl (C=O) groups is 2. The summed E-state index contributed by atoms with van der Waals surface area (Å²) in [5, 5.41) is 0. The van der Waals surface area contributed by atoms with Crippen LogP contribution in [0.3, 0.4) is 0 Å². The highest BCUT2D eigenvalue weighted by Crippen LogP contribution is 2.39. The Morgan fingerprint density at radius 2 is 1.61 bits per heavy atom. The quantitative estimate of drug-likeness (QED) is 0.306. The Kier molecular flexibility index (Phi) is 5.99. The number of ketones is 1. The first-order valence-corrected chi connectivity index (χ1v) is 9.80. The van der Waals surface area contributed by atoms with Gasteiger partial charge in [0, 0.05) is 17.7 Å². The Hall–Kier alpha value is -4.33. The molecule has 0 unspecified atom stereocenters. The van der Waals surface area contributed by atoms with Gasteiger partial charge in [-0.3, -0.25) is 4.79 Å². The number of hydrogen-bond donors (Lipinski definition) is 0. The highest BCUT2D eigenvalue weighted by Gasteiger charge is 2.29. The average Bonchev–Trinajstić information content (AvgIpc) is 3.13. The molecule has 7 nitrogen and oxygen atoms in total. The second-order valence-corrected chi connectivity index (χ2v) is 6.92. The lowest BCUT2D eigenvalue weighted by Crippen LogP contribution is -2.10. The largest absolute Gasteiger partial charge is 0.496 e. The first kappa shape index (κ1) is 21.9. The first-order valence-electron chi connectivity index (χ1n) is 9.80. The van der Waals surface area contributed by atoms with E-state index in [4.69, 9.17) is 23.7 Å². The van der Waals surface area contributed by atoms with Crippen molar-refractivity contribution in [2.75, 3.05) is 21.3 Å². The van der Waals surface area contributed by atoms with Crippen LogP contribution in [0.15, 0.2) is 60.4 Å². The lowest BCUT2D eigenvalue weighted by atomic mass is 10.1. The van der Waals surface area contributed by atoms with Crippen LogP contribution in [0.4, 0.5) is 4.39 Å². The van der Waals surface area contributed by atoms with Crippen molar-refractivity contribution >= 4 is 17.8 Å². The van der Waals surface area contributed by atoms with Gasteiger partial charge >= 0.3 is 5.97 Å². The molecule has 1 heterocycles. The fourth-order valence-electron chi connectivity index (χ4n) is 3.33. The molecule has 3 aromatic carbocycles. The maximum Gasteiger partial charge on any atom is 0.346 e. The standard InChI is InChI=1S/C25H19FO7/c1-29-19-13-22(31-3)21(30-2)10-14(19)11-23-24(27)17-9-8-15(12-20(17)33-23)32-25(28)16-6-4-5-7-18(16)26/h4-13H,1-3H3. The Labute approximate surface area is 188 Å². The lowest BCUT2D eigenvalue weighted by molar-refractivity contribution is 0.0729. The third kappa shape index (κ3) is 4.23. The van der Waals surface area contributed by atoms with Crippen LogP contribution in [0.5, 0.6) is 28.7 Å². The van der Waals surface area contributed by atoms with Crippen LogP contribution in [0, 0.1) is 5.82 Å². The van der Waals surface area contributed by atoms with Gasteiger partial charge in [-0.2, -0.15) is 0 Å². The second kappa shape index (κ2) is 9.04. The van der Waals surface area contributed by atoms with Crippen molar-refractivity contribution in [3.05, 3.63) is 82.9 Å². The molecular weight excluding hydrogens is 431 g/mol. The number of hydrogen-bond acceptors (Lipinski definition) is 7. The zero-order valence-corrected chi connectivity index (χ0v) is 18.0. The number of carbonyl (C=O) groups excluding carboxylic acids is 2. The molecule has 0 aliphatic carbocycles. The third-order valence-electron chi connectivity index (χ3n) is 4.97. The molecule has 0 aromatic heterocycles. The number of allylic oxidation sites excluding steroid dienone is 1. The second-order valence-electron chi connectivity index (χ2n) is 6.92. The van der Waals surface area contributed by atoms with Crippen LogP contribution in [0.2, 0.25) is 0 Å².